The predicted molar refractivity (Wildman–Crippen MR) is 64.4 cm³/mol. The maximum atomic E-state index is 12.5. The van der Waals surface area contributed by atoms with Crippen LogP contribution in [0.15, 0.2) is 6.07 Å². The number of unbranched alkanes of at least 4 members (excludes halogenated alkanes) is 1. The van der Waals surface area contributed by atoms with Crippen LogP contribution in [0.2, 0.25) is 0 Å². The summed E-state index contributed by atoms with van der Waals surface area (Å²) in [6.45, 7) is 1.09. The van der Waals surface area contributed by atoms with Crippen molar-refractivity contribution >= 4 is 11.6 Å². The SMILES string of the molecule is COCCCCNc1cc(NN)nc(C(F)(F)F)n1. The summed E-state index contributed by atoms with van der Waals surface area (Å²) in [5, 5.41) is 2.79. The Bertz CT molecular complexity index is 399. The molecule has 0 aromatic carbocycles. The summed E-state index contributed by atoms with van der Waals surface area (Å²) in [5.41, 5.74) is 2.08. The number of methoxy groups -OCH3 is 1. The number of ether oxygens (including phenoxy) is 1. The van der Waals surface area contributed by atoms with E-state index < -0.39 is 12.0 Å². The summed E-state index contributed by atoms with van der Waals surface area (Å²) in [4.78, 5) is 6.65. The van der Waals surface area contributed by atoms with Gasteiger partial charge in [-0.1, -0.05) is 0 Å². The van der Waals surface area contributed by atoms with Crippen molar-refractivity contribution in [2.24, 2.45) is 5.84 Å². The highest BCUT2D eigenvalue weighted by atomic mass is 19.4. The van der Waals surface area contributed by atoms with Crippen molar-refractivity contribution in [1.29, 1.82) is 0 Å². The van der Waals surface area contributed by atoms with E-state index in [0.29, 0.717) is 13.2 Å². The monoisotopic (exact) mass is 279 g/mol. The summed E-state index contributed by atoms with van der Waals surface area (Å²) in [6.07, 6.45) is -3.05. The largest absolute Gasteiger partial charge is 0.451 e. The van der Waals surface area contributed by atoms with Crippen molar-refractivity contribution in [3.63, 3.8) is 0 Å². The highest BCUT2D eigenvalue weighted by Crippen LogP contribution is 2.28. The standard InChI is InChI=1S/C10H16F3N5O/c1-19-5-3-2-4-15-7-6-8(18-14)17-9(16-7)10(11,12)13/h6H,2-5,14H2,1H3,(H2,15,16,17,18). The number of hydrogen-bond donors (Lipinski definition) is 3. The van der Waals surface area contributed by atoms with Gasteiger partial charge in [-0.05, 0) is 12.8 Å². The van der Waals surface area contributed by atoms with Gasteiger partial charge in [-0.2, -0.15) is 13.2 Å². The van der Waals surface area contributed by atoms with Gasteiger partial charge in [0.05, 0.1) is 0 Å². The second-order valence-electron chi connectivity index (χ2n) is 3.73. The van der Waals surface area contributed by atoms with Crippen LogP contribution in [0.4, 0.5) is 24.8 Å². The lowest BCUT2D eigenvalue weighted by Crippen LogP contribution is -2.17. The molecular formula is C10H16F3N5O. The highest BCUT2D eigenvalue weighted by molar-refractivity contribution is 5.47. The smallest absolute Gasteiger partial charge is 0.385 e. The zero-order valence-electron chi connectivity index (χ0n) is 10.4. The number of rotatable bonds is 7. The summed E-state index contributed by atoms with van der Waals surface area (Å²) in [6, 6.07) is 1.31. The molecule has 0 amide bonds. The third kappa shape index (κ3) is 5.26. The molecule has 1 rings (SSSR count). The van der Waals surface area contributed by atoms with E-state index in [-0.39, 0.29) is 11.6 Å². The zero-order valence-corrected chi connectivity index (χ0v) is 10.4. The van der Waals surface area contributed by atoms with Gasteiger partial charge in [-0.25, -0.2) is 15.8 Å². The van der Waals surface area contributed by atoms with Crippen LogP contribution in [0.5, 0.6) is 0 Å². The topological polar surface area (TPSA) is 85.1 Å². The molecule has 0 aliphatic heterocycles. The molecule has 4 N–H and O–H groups in total. The minimum Gasteiger partial charge on any atom is -0.385 e. The van der Waals surface area contributed by atoms with Gasteiger partial charge in [-0.3, -0.25) is 0 Å². The molecular weight excluding hydrogens is 263 g/mol. The number of nitrogens with zero attached hydrogens (tertiary/aromatic N) is 2. The molecule has 6 nitrogen and oxygen atoms in total. The van der Waals surface area contributed by atoms with Gasteiger partial charge in [0, 0.05) is 26.3 Å². The van der Waals surface area contributed by atoms with Crippen LogP contribution in [-0.2, 0) is 10.9 Å². The van der Waals surface area contributed by atoms with Crippen molar-refractivity contribution < 1.29 is 17.9 Å². The number of alkyl halides is 3. The number of halogens is 3. The Balaban J connectivity index is 2.67. The maximum absolute atomic E-state index is 12.5. The van der Waals surface area contributed by atoms with E-state index in [1.165, 1.54) is 6.07 Å². The molecule has 0 bridgehead atoms. The minimum absolute atomic E-state index is 0.0766. The molecule has 0 aliphatic carbocycles. The first-order chi connectivity index (χ1) is 8.97. The molecule has 0 saturated carbocycles. The van der Waals surface area contributed by atoms with Crippen molar-refractivity contribution in [1.82, 2.24) is 9.97 Å². The quantitative estimate of drug-likeness (QED) is 0.399. The molecule has 0 fully saturated rings. The third-order valence-electron chi connectivity index (χ3n) is 2.21. The lowest BCUT2D eigenvalue weighted by Gasteiger charge is -2.11. The van der Waals surface area contributed by atoms with Crippen LogP contribution in [0.25, 0.3) is 0 Å². The van der Waals surface area contributed by atoms with E-state index in [9.17, 15) is 13.2 Å². The molecule has 19 heavy (non-hydrogen) atoms. The number of anilines is 2. The van der Waals surface area contributed by atoms with Crippen molar-refractivity contribution in [2.75, 3.05) is 31.0 Å². The number of nitrogens with two attached hydrogens (primary N) is 1. The molecule has 0 atom stereocenters. The Labute approximate surface area is 108 Å². The number of nitrogen functional groups attached to an aromatic ring is 1. The second-order valence-corrected chi connectivity index (χ2v) is 3.73. The predicted octanol–water partition coefficient (Wildman–Crippen LogP) is 1.62. The van der Waals surface area contributed by atoms with E-state index in [2.05, 4.69) is 20.7 Å². The number of aromatic nitrogens is 2. The van der Waals surface area contributed by atoms with Crippen LogP contribution in [0, 0.1) is 0 Å². The Morgan fingerprint density at radius 3 is 2.53 bits per heavy atom. The molecule has 0 spiro atoms. The molecule has 108 valence electrons. The lowest BCUT2D eigenvalue weighted by molar-refractivity contribution is -0.144. The summed E-state index contributed by atoms with van der Waals surface area (Å²) < 4.78 is 42.5. The first-order valence-electron chi connectivity index (χ1n) is 5.63. The number of hydrazine groups is 1. The average molecular weight is 279 g/mol. The van der Waals surface area contributed by atoms with E-state index in [1.807, 2.05) is 0 Å². The zero-order chi connectivity index (χ0) is 14.3. The molecule has 0 unspecified atom stereocenters. The minimum atomic E-state index is -4.61. The van der Waals surface area contributed by atoms with Crippen LogP contribution in [-0.4, -0.2) is 30.2 Å². The van der Waals surface area contributed by atoms with Gasteiger partial charge in [0.1, 0.15) is 11.6 Å². The Morgan fingerprint density at radius 1 is 1.26 bits per heavy atom. The van der Waals surface area contributed by atoms with Gasteiger partial charge in [0.15, 0.2) is 0 Å². The normalized spacial score (nSPS) is 11.4. The fraction of sp³-hybridized carbons (Fsp3) is 0.600. The van der Waals surface area contributed by atoms with Gasteiger partial charge in [-0.15, -0.1) is 0 Å². The van der Waals surface area contributed by atoms with E-state index in [0.717, 1.165) is 12.8 Å². The fourth-order valence-corrected chi connectivity index (χ4v) is 1.33. The Kier molecular flexibility index (Phi) is 5.77. The first-order valence-corrected chi connectivity index (χ1v) is 5.63. The molecule has 1 aromatic rings. The summed E-state index contributed by atoms with van der Waals surface area (Å²) in [5.74, 6) is 3.82. The molecule has 0 radical (unpaired) electrons. The van der Waals surface area contributed by atoms with Crippen molar-refractivity contribution in [2.45, 2.75) is 19.0 Å². The van der Waals surface area contributed by atoms with E-state index in [1.54, 1.807) is 7.11 Å². The first kappa shape index (κ1) is 15.4. The molecule has 0 saturated heterocycles. The van der Waals surface area contributed by atoms with Crippen LogP contribution < -0.4 is 16.6 Å². The van der Waals surface area contributed by atoms with Gasteiger partial charge in [0.25, 0.3) is 0 Å². The fourth-order valence-electron chi connectivity index (χ4n) is 1.33. The highest BCUT2D eigenvalue weighted by Gasteiger charge is 2.35. The average Bonchev–Trinajstić information content (AvgIpc) is 2.37. The van der Waals surface area contributed by atoms with E-state index >= 15 is 0 Å². The Hall–Kier alpha value is -1.61. The van der Waals surface area contributed by atoms with E-state index in [4.69, 9.17) is 10.6 Å². The molecule has 0 aliphatic rings. The third-order valence-corrected chi connectivity index (χ3v) is 2.21. The Morgan fingerprint density at radius 2 is 1.95 bits per heavy atom. The van der Waals surface area contributed by atoms with Gasteiger partial charge in [0.2, 0.25) is 5.82 Å². The number of nitrogens with one attached hydrogen (secondary N) is 2. The molecule has 1 aromatic heterocycles. The molecule has 9 heteroatoms. The molecule has 1 heterocycles. The summed E-state index contributed by atoms with van der Waals surface area (Å²) >= 11 is 0. The maximum Gasteiger partial charge on any atom is 0.451 e. The van der Waals surface area contributed by atoms with Crippen LogP contribution in [0.1, 0.15) is 18.7 Å². The summed E-state index contributed by atoms with van der Waals surface area (Å²) in [7, 11) is 1.59. The van der Waals surface area contributed by atoms with Crippen molar-refractivity contribution in [3.05, 3.63) is 11.9 Å². The number of hydrogen-bond acceptors (Lipinski definition) is 6. The second kappa shape index (κ2) is 7.10. The van der Waals surface area contributed by atoms with Crippen LogP contribution in [0.3, 0.4) is 0 Å². The van der Waals surface area contributed by atoms with Crippen molar-refractivity contribution in [3.8, 4) is 0 Å². The van der Waals surface area contributed by atoms with Gasteiger partial charge < -0.3 is 15.5 Å². The lowest BCUT2D eigenvalue weighted by atomic mass is 10.3. The van der Waals surface area contributed by atoms with Gasteiger partial charge >= 0.3 is 6.18 Å². The van der Waals surface area contributed by atoms with Crippen LogP contribution >= 0.6 is 0 Å².